The monoisotopic (exact) mass is 334 g/mol. The topological polar surface area (TPSA) is 75.1 Å². The zero-order valence-electron chi connectivity index (χ0n) is 14.9. The van der Waals surface area contributed by atoms with Crippen molar-refractivity contribution in [3.05, 3.63) is 11.4 Å². The van der Waals surface area contributed by atoms with Gasteiger partial charge in [0.25, 0.3) is 5.91 Å². The molecule has 24 heavy (non-hydrogen) atoms. The summed E-state index contributed by atoms with van der Waals surface area (Å²) in [5, 5.41) is 14.7. The van der Waals surface area contributed by atoms with E-state index in [1.54, 1.807) is 0 Å². The lowest BCUT2D eigenvalue weighted by Crippen LogP contribution is -2.40. The van der Waals surface area contributed by atoms with Crippen LogP contribution >= 0.6 is 0 Å². The van der Waals surface area contributed by atoms with Gasteiger partial charge in [0.1, 0.15) is 0 Å². The van der Waals surface area contributed by atoms with E-state index < -0.39 is 0 Å². The smallest absolute Gasteiger partial charge is 0.273 e. The van der Waals surface area contributed by atoms with Crippen LogP contribution in [-0.4, -0.2) is 65.1 Å². The number of carbonyl (C=O) groups is 1. The van der Waals surface area contributed by atoms with Crippen molar-refractivity contribution in [2.24, 2.45) is 5.92 Å². The van der Waals surface area contributed by atoms with Crippen molar-refractivity contribution < 1.29 is 4.79 Å². The van der Waals surface area contributed by atoms with E-state index in [9.17, 15) is 4.79 Å². The van der Waals surface area contributed by atoms with E-state index in [-0.39, 0.29) is 5.91 Å². The van der Waals surface area contributed by atoms with Gasteiger partial charge in [-0.25, -0.2) is 4.68 Å². The van der Waals surface area contributed by atoms with Crippen LogP contribution in [0.4, 0.5) is 0 Å². The van der Waals surface area contributed by atoms with Crippen LogP contribution in [0.25, 0.3) is 0 Å². The molecule has 0 aliphatic carbocycles. The van der Waals surface area contributed by atoms with Crippen molar-refractivity contribution in [3.8, 4) is 0 Å². The van der Waals surface area contributed by atoms with Crippen molar-refractivity contribution >= 4 is 5.91 Å². The molecule has 7 nitrogen and oxygen atoms in total. The molecule has 2 saturated heterocycles. The Labute approximate surface area is 144 Å². The van der Waals surface area contributed by atoms with Gasteiger partial charge in [0.2, 0.25) is 0 Å². The summed E-state index contributed by atoms with van der Waals surface area (Å²) in [4.78, 5) is 14.8. The van der Waals surface area contributed by atoms with Crippen LogP contribution in [0.5, 0.6) is 0 Å². The minimum absolute atomic E-state index is 0.0993. The van der Waals surface area contributed by atoms with Gasteiger partial charge in [-0.2, -0.15) is 0 Å². The summed E-state index contributed by atoms with van der Waals surface area (Å²) in [6.45, 7) is 10.1. The molecule has 1 unspecified atom stereocenters. The van der Waals surface area contributed by atoms with E-state index in [1.165, 1.54) is 12.8 Å². The number of amides is 1. The van der Waals surface area contributed by atoms with Crippen molar-refractivity contribution in [1.82, 2.24) is 30.5 Å². The van der Waals surface area contributed by atoms with Gasteiger partial charge in [-0.1, -0.05) is 12.1 Å². The molecule has 0 bridgehead atoms. The van der Waals surface area contributed by atoms with Crippen molar-refractivity contribution in [2.45, 2.75) is 45.6 Å². The molecule has 3 rings (SSSR count). The minimum Gasteiger partial charge on any atom is -0.349 e. The zero-order chi connectivity index (χ0) is 16.9. The first-order valence-corrected chi connectivity index (χ1v) is 9.28. The standard InChI is InChI=1S/C17H30N6O/c1-13-4-3-10-22(12-13)11-9-19-17(24)16-14(2)23(21-20-16)15-5-7-18-8-6-15/h13,15,18H,3-12H2,1-2H3,(H,19,24). The lowest BCUT2D eigenvalue weighted by atomic mass is 10.0. The quantitative estimate of drug-likeness (QED) is 0.839. The summed E-state index contributed by atoms with van der Waals surface area (Å²) in [5.74, 6) is 0.666. The predicted octanol–water partition coefficient (Wildman–Crippen LogP) is 0.973. The molecular formula is C17H30N6O. The largest absolute Gasteiger partial charge is 0.349 e. The van der Waals surface area contributed by atoms with E-state index in [4.69, 9.17) is 0 Å². The van der Waals surface area contributed by atoms with Crippen LogP contribution in [0.3, 0.4) is 0 Å². The molecule has 0 radical (unpaired) electrons. The Morgan fingerprint density at radius 2 is 2.12 bits per heavy atom. The Morgan fingerprint density at radius 1 is 1.33 bits per heavy atom. The van der Waals surface area contributed by atoms with Gasteiger partial charge in [-0.15, -0.1) is 5.10 Å². The van der Waals surface area contributed by atoms with Gasteiger partial charge in [-0.05, 0) is 58.2 Å². The molecule has 134 valence electrons. The van der Waals surface area contributed by atoms with Crippen LogP contribution < -0.4 is 10.6 Å². The number of hydrogen-bond donors (Lipinski definition) is 2. The van der Waals surface area contributed by atoms with E-state index in [0.29, 0.717) is 18.3 Å². The van der Waals surface area contributed by atoms with Gasteiger partial charge in [-0.3, -0.25) is 4.79 Å². The molecule has 1 aromatic heterocycles. The van der Waals surface area contributed by atoms with Gasteiger partial charge >= 0.3 is 0 Å². The third kappa shape index (κ3) is 4.13. The summed E-state index contributed by atoms with van der Waals surface area (Å²) in [6.07, 6.45) is 4.66. The Hall–Kier alpha value is -1.47. The highest BCUT2D eigenvalue weighted by atomic mass is 16.2. The molecule has 2 aliphatic rings. The first-order chi connectivity index (χ1) is 11.6. The van der Waals surface area contributed by atoms with E-state index in [0.717, 1.165) is 57.2 Å². The first-order valence-electron chi connectivity index (χ1n) is 9.28. The third-order valence-electron chi connectivity index (χ3n) is 5.25. The molecule has 1 aromatic rings. The summed E-state index contributed by atoms with van der Waals surface area (Å²) >= 11 is 0. The molecule has 0 spiro atoms. The maximum absolute atomic E-state index is 12.4. The molecule has 2 aliphatic heterocycles. The van der Waals surface area contributed by atoms with Gasteiger partial charge in [0, 0.05) is 19.6 Å². The highest BCUT2D eigenvalue weighted by Gasteiger charge is 2.23. The number of aromatic nitrogens is 3. The van der Waals surface area contributed by atoms with Gasteiger partial charge in [0.15, 0.2) is 5.69 Å². The van der Waals surface area contributed by atoms with Crippen molar-refractivity contribution in [3.63, 3.8) is 0 Å². The summed E-state index contributed by atoms with van der Waals surface area (Å²) in [6, 6.07) is 0.357. The summed E-state index contributed by atoms with van der Waals surface area (Å²) in [5.41, 5.74) is 1.35. The molecule has 2 N–H and O–H groups in total. The van der Waals surface area contributed by atoms with E-state index in [2.05, 4.69) is 32.8 Å². The lowest BCUT2D eigenvalue weighted by molar-refractivity contribution is 0.0938. The van der Waals surface area contributed by atoms with E-state index in [1.807, 2.05) is 11.6 Å². The fraction of sp³-hybridized carbons (Fsp3) is 0.824. The average molecular weight is 334 g/mol. The van der Waals surface area contributed by atoms with Gasteiger partial charge in [0.05, 0.1) is 11.7 Å². The molecule has 1 atom stereocenters. The van der Waals surface area contributed by atoms with Crippen LogP contribution in [0.1, 0.15) is 54.8 Å². The second kappa shape index (κ2) is 8.07. The summed E-state index contributed by atoms with van der Waals surface area (Å²) < 4.78 is 1.93. The fourth-order valence-electron chi connectivity index (χ4n) is 3.85. The molecule has 2 fully saturated rings. The van der Waals surface area contributed by atoms with E-state index >= 15 is 0 Å². The number of rotatable bonds is 5. The Bertz CT molecular complexity index is 551. The number of likely N-dealkylation sites (tertiary alicyclic amines) is 1. The summed E-state index contributed by atoms with van der Waals surface area (Å²) in [7, 11) is 0. The Kier molecular flexibility index (Phi) is 5.84. The third-order valence-corrected chi connectivity index (χ3v) is 5.25. The second-order valence-corrected chi connectivity index (χ2v) is 7.25. The van der Waals surface area contributed by atoms with Crippen LogP contribution in [-0.2, 0) is 0 Å². The molecule has 0 saturated carbocycles. The molecule has 0 aromatic carbocycles. The van der Waals surface area contributed by atoms with Crippen LogP contribution in [0.15, 0.2) is 0 Å². The van der Waals surface area contributed by atoms with Crippen molar-refractivity contribution in [1.29, 1.82) is 0 Å². The fourth-order valence-corrected chi connectivity index (χ4v) is 3.85. The number of nitrogens with zero attached hydrogens (tertiary/aromatic N) is 4. The number of nitrogens with one attached hydrogen (secondary N) is 2. The number of piperidine rings is 2. The zero-order valence-corrected chi connectivity index (χ0v) is 14.9. The van der Waals surface area contributed by atoms with Crippen LogP contribution in [0, 0.1) is 12.8 Å². The normalized spacial score (nSPS) is 23.3. The number of carbonyl (C=O) groups excluding carboxylic acids is 1. The molecule has 3 heterocycles. The lowest BCUT2D eigenvalue weighted by Gasteiger charge is -2.30. The molecule has 1 amide bonds. The Morgan fingerprint density at radius 3 is 2.88 bits per heavy atom. The van der Waals surface area contributed by atoms with Crippen molar-refractivity contribution in [2.75, 3.05) is 39.3 Å². The highest BCUT2D eigenvalue weighted by Crippen LogP contribution is 2.20. The minimum atomic E-state index is -0.0993. The second-order valence-electron chi connectivity index (χ2n) is 7.25. The average Bonchev–Trinajstić information content (AvgIpc) is 2.97. The predicted molar refractivity (Wildman–Crippen MR) is 93.1 cm³/mol. The Balaban J connectivity index is 1.50. The van der Waals surface area contributed by atoms with Gasteiger partial charge < -0.3 is 15.5 Å². The maximum Gasteiger partial charge on any atom is 0.273 e. The first kappa shape index (κ1) is 17.4. The molecular weight excluding hydrogens is 304 g/mol. The van der Waals surface area contributed by atoms with Crippen LogP contribution in [0.2, 0.25) is 0 Å². The maximum atomic E-state index is 12.4. The molecule has 7 heteroatoms. The SMILES string of the molecule is Cc1c(C(=O)NCCN2CCCC(C)C2)nnn1C1CCNCC1. The number of hydrogen-bond acceptors (Lipinski definition) is 5. The highest BCUT2D eigenvalue weighted by molar-refractivity contribution is 5.93.